The standard InChI is InChI=1S/C13H21N3O2/c1-12(2,3)15(17)10-8-7-9-11(14-10)16(18)13(4,5)6/h7-9H,1-6H3. The van der Waals surface area contributed by atoms with Gasteiger partial charge in [0.15, 0.2) is 0 Å². The zero-order valence-corrected chi connectivity index (χ0v) is 11.9. The highest BCUT2D eigenvalue weighted by Gasteiger charge is 2.30. The Balaban J connectivity index is 3.11. The second-order valence-electron chi connectivity index (χ2n) is 6.28. The maximum absolute atomic E-state index is 12.0. The van der Waals surface area contributed by atoms with Crippen molar-refractivity contribution in [3.8, 4) is 0 Å². The average Bonchev–Trinajstić information content (AvgIpc) is 2.24. The Morgan fingerprint density at radius 3 is 2.17 bits per heavy atom. The third kappa shape index (κ3) is 3.26. The van der Waals surface area contributed by atoms with Crippen molar-refractivity contribution in [1.82, 2.24) is 4.98 Å². The summed E-state index contributed by atoms with van der Waals surface area (Å²) in [4.78, 5) is 16.2. The molecular weight excluding hydrogens is 230 g/mol. The van der Waals surface area contributed by atoms with E-state index < -0.39 is 11.1 Å². The molecule has 1 aromatic rings. The van der Waals surface area contributed by atoms with Crippen LogP contribution < -0.4 is 5.06 Å². The lowest BCUT2D eigenvalue weighted by molar-refractivity contribution is -0.543. The summed E-state index contributed by atoms with van der Waals surface area (Å²) in [6, 6.07) is 4.89. The molecule has 0 atom stereocenters. The average molecular weight is 251 g/mol. The molecule has 100 valence electrons. The number of pyridine rings is 1. The molecule has 0 fully saturated rings. The zero-order chi connectivity index (χ0) is 14.1. The van der Waals surface area contributed by atoms with Gasteiger partial charge in [0.1, 0.15) is 5.54 Å². The minimum Gasteiger partial charge on any atom is -0.755 e. The van der Waals surface area contributed by atoms with E-state index in [0.717, 1.165) is 9.82 Å². The van der Waals surface area contributed by atoms with E-state index >= 15 is 0 Å². The molecule has 0 saturated heterocycles. The molecule has 0 spiro atoms. The first-order valence-corrected chi connectivity index (χ1v) is 5.95. The number of nitroso groups, excluding NO2 is 1. The van der Waals surface area contributed by atoms with Crippen molar-refractivity contribution >= 4 is 11.6 Å². The minimum atomic E-state index is -0.582. The van der Waals surface area contributed by atoms with E-state index in [2.05, 4.69) is 4.98 Å². The van der Waals surface area contributed by atoms with Crippen LogP contribution in [0.4, 0.5) is 11.6 Å². The Labute approximate surface area is 108 Å². The Morgan fingerprint density at radius 1 is 1.17 bits per heavy atom. The lowest BCUT2D eigenvalue weighted by Crippen LogP contribution is -2.37. The molecule has 5 heteroatoms. The van der Waals surface area contributed by atoms with Gasteiger partial charge in [-0.2, -0.15) is 0 Å². The van der Waals surface area contributed by atoms with E-state index in [1.54, 1.807) is 59.7 Å². The van der Waals surface area contributed by atoms with E-state index in [1.165, 1.54) is 0 Å². The smallest absolute Gasteiger partial charge is 0.363 e. The fraction of sp³-hybridized carbons (Fsp3) is 0.615. The van der Waals surface area contributed by atoms with Crippen molar-refractivity contribution in [1.29, 1.82) is 0 Å². The van der Waals surface area contributed by atoms with E-state index in [4.69, 9.17) is 0 Å². The van der Waals surface area contributed by atoms with Crippen molar-refractivity contribution in [3.63, 3.8) is 0 Å². The van der Waals surface area contributed by atoms with Gasteiger partial charge >= 0.3 is 5.82 Å². The van der Waals surface area contributed by atoms with Gasteiger partial charge in [-0.3, -0.25) is 0 Å². The summed E-state index contributed by atoms with van der Waals surface area (Å²) in [5, 5.41) is 12.8. The predicted molar refractivity (Wildman–Crippen MR) is 72.9 cm³/mol. The molecule has 0 N–H and O–H groups in total. The number of hydrogen-bond acceptors (Lipinski definition) is 4. The van der Waals surface area contributed by atoms with E-state index in [0.29, 0.717) is 0 Å². The van der Waals surface area contributed by atoms with Crippen LogP contribution in [0.1, 0.15) is 41.5 Å². The van der Waals surface area contributed by atoms with Crippen LogP contribution in [0.2, 0.25) is 0 Å². The third-order valence-electron chi connectivity index (χ3n) is 2.35. The quantitative estimate of drug-likeness (QED) is 0.597. The predicted octanol–water partition coefficient (Wildman–Crippen LogP) is 3.39. The first-order valence-electron chi connectivity index (χ1n) is 5.95. The van der Waals surface area contributed by atoms with Crippen LogP contribution in [0.15, 0.2) is 18.2 Å². The SMILES string of the molecule is CC(C)(C)N([O-])c1cccc([N+](=O)C(C)(C)C)n1. The molecule has 0 bridgehead atoms. The minimum absolute atomic E-state index is 0.255. The van der Waals surface area contributed by atoms with Gasteiger partial charge in [0.25, 0.3) is 0 Å². The molecule has 18 heavy (non-hydrogen) atoms. The van der Waals surface area contributed by atoms with Gasteiger partial charge in [-0.05, 0) is 57.4 Å². The maximum atomic E-state index is 12.0. The molecule has 0 saturated carbocycles. The van der Waals surface area contributed by atoms with Gasteiger partial charge in [0.2, 0.25) is 5.82 Å². The molecule has 0 unspecified atom stereocenters. The third-order valence-corrected chi connectivity index (χ3v) is 2.35. The molecule has 0 aliphatic rings. The Morgan fingerprint density at radius 2 is 1.72 bits per heavy atom. The maximum Gasteiger partial charge on any atom is 0.363 e. The number of hydrogen-bond donors (Lipinski definition) is 0. The van der Waals surface area contributed by atoms with Crippen LogP contribution in [0, 0.1) is 10.1 Å². The Hall–Kier alpha value is -1.49. The van der Waals surface area contributed by atoms with Crippen LogP contribution in [0.3, 0.4) is 0 Å². The fourth-order valence-corrected chi connectivity index (χ4v) is 1.33. The van der Waals surface area contributed by atoms with E-state index in [1.807, 2.05) is 0 Å². The summed E-state index contributed by atoms with van der Waals surface area (Å²) in [5.74, 6) is 0.509. The molecule has 0 amide bonds. The van der Waals surface area contributed by atoms with Crippen molar-refractivity contribution < 1.29 is 4.76 Å². The monoisotopic (exact) mass is 251 g/mol. The first-order chi connectivity index (χ1) is 8.03. The van der Waals surface area contributed by atoms with Gasteiger partial charge in [-0.15, -0.1) is 0 Å². The van der Waals surface area contributed by atoms with Crippen LogP contribution in [0.5, 0.6) is 0 Å². The molecule has 0 aromatic carbocycles. The van der Waals surface area contributed by atoms with Crippen molar-refractivity contribution in [2.45, 2.75) is 52.6 Å². The van der Waals surface area contributed by atoms with Crippen LogP contribution >= 0.6 is 0 Å². The molecule has 1 heterocycles. The molecule has 0 aliphatic heterocycles. The summed E-state index contributed by atoms with van der Waals surface area (Å²) in [7, 11) is 0. The Bertz CT molecular complexity index is 444. The lowest BCUT2D eigenvalue weighted by Gasteiger charge is -2.40. The van der Waals surface area contributed by atoms with E-state index in [9.17, 15) is 10.1 Å². The van der Waals surface area contributed by atoms with Gasteiger partial charge in [-0.1, -0.05) is 4.91 Å². The molecule has 0 radical (unpaired) electrons. The van der Waals surface area contributed by atoms with Crippen LogP contribution in [0.25, 0.3) is 0 Å². The Kier molecular flexibility index (Phi) is 3.76. The summed E-state index contributed by atoms with van der Waals surface area (Å²) in [6.07, 6.45) is 0. The highest BCUT2D eigenvalue weighted by molar-refractivity contribution is 5.45. The topological polar surface area (TPSA) is 59.3 Å². The fourth-order valence-electron chi connectivity index (χ4n) is 1.33. The molecule has 0 aliphatic carbocycles. The largest absolute Gasteiger partial charge is 0.755 e. The summed E-state index contributed by atoms with van der Waals surface area (Å²) < 4.78 is 0.812. The number of nitrogens with zero attached hydrogens (tertiary/aromatic N) is 3. The van der Waals surface area contributed by atoms with Gasteiger partial charge in [0.05, 0.1) is 0 Å². The van der Waals surface area contributed by atoms with Gasteiger partial charge < -0.3 is 10.3 Å². The van der Waals surface area contributed by atoms with Crippen molar-refractivity contribution in [2.24, 2.45) is 0 Å². The summed E-state index contributed by atoms with van der Waals surface area (Å²) in [6.45, 7) is 10.8. The van der Waals surface area contributed by atoms with Crippen molar-refractivity contribution in [3.05, 3.63) is 28.3 Å². The van der Waals surface area contributed by atoms with Crippen molar-refractivity contribution in [2.75, 3.05) is 5.06 Å². The second kappa shape index (κ2) is 4.65. The van der Waals surface area contributed by atoms with E-state index in [-0.39, 0.29) is 11.6 Å². The van der Waals surface area contributed by atoms with Crippen LogP contribution in [-0.4, -0.2) is 20.8 Å². The molecular formula is C13H21N3O2. The van der Waals surface area contributed by atoms with Gasteiger partial charge in [0, 0.05) is 17.7 Å². The molecule has 1 aromatic heterocycles. The molecule has 1 rings (SSSR count). The summed E-state index contributed by atoms with van der Waals surface area (Å²) >= 11 is 0. The van der Waals surface area contributed by atoms with Crippen LogP contribution in [-0.2, 0) is 0 Å². The molecule has 5 nitrogen and oxygen atoms in total. The first kappa shape index (κ1) is 14.6. The second-order valence-corrected chi connectivity index (χ2v) is 6.28. The lowest BCUT2D eigenvalue weighted by atomic mass is 10.1. The zero-order valence-electron chi connectivity index (χ0n) is 11.9. The normalized spacial score (nSPS) is 12.4. The summed E-state index contributed by atoms with van der Waals surface area (Å²) in [5.41, 5.74) is -1.16. The van der Waals surface area contributed by atoms with Gasteiger partial charge in [-0.25, -0.2) is 0 Å². The number of anilines is 1. The highest BCUT2D eigenvalue weighted by Crippen LogP contribution is 2.24. The number of aromatic nitrogens is 1. The highest BCUT2D eigenvalue weighted by atomic mass is 16.5. The number of rotatable bonds is 2. The number of hydroxylamine groups is 1.